The standard InChI is InChI=1S/C30H38ClN5O3/c1-35-19-24(17-27(35)30(39)36-13-5-2-6-14-36)33-29(38)26(15-20-9-11-23(31)12-10-20)34-28(37)25-16-21-7-3-4-8-22(21)18-32-25/h3-4,7-12,24-27,32H,2,5-6,13-19H2,1H3,(H,33,38)(H,34,37)/t24-,25+,26+,27-/m0/s1. The van der Waals surface area contributed by atoms with Crippen LogP contribution in [0.5, 0.6) is 0 Å². The van der Waals surface area contributed by atoms with E-state index in [4.69, 9.17) is 11.6 Å². The Balaban J connectivity index is 1.24. The van der Waals surface area contributed by atoms with E-state index in [9.17, 15) is 14.4 Å². The molecular weight excluding hydrogens is 514 g/mol. The van der Waals surface area contributed by atoms with Crippen molar-refractivity contribution in [3.8, 4) is 0 Å². The van der Waals surface area contributed by atoms with Crippen LogP contribution in [0.25, 0.3) is 0 Å². The van der Waals surface area contributed by atoms with Gasteiger partial charge in [-0.3, -0.25) is 19.3 Å². The van der Waals surface area contributed by atoms with E-state index in [-0.39, 0.29) is 29.8 Å². The quantitative estimate of drug-likeness (QED) is 0.491. The van der Waals surface area contributed by atoms with Crippen LogP contribution in [0.4, 0.5) is 0 Å². The van der Waals surface area contributed by atoms with Gasteiger partial charge in [-0.15, -0.1) is 0 Å². The average molecular weight is 552 g/mol. The minimum atomic E-state index is -0.750. The predicted octanol–water partition coefficient (Wildman–Crippen LogP) is 2.28. The van der Waals surface area contributed by atoms with Gasteiger partial charge in [-0.2, -0.15) is 0 Å². The van der Waals surface area contributed by atoms with Gasteiger partial charge in [-0.25, -0.2) is 0 Å². The number of nitrogens with one attached hydrogen (secondary N) is 3. The summed E-state index contributed by atoms with van der Waals surface area (Å²) >= 11 is 6.07. The van der Waals surface area contributed by atoms with Gasteiger partial charge in [0.1, 0.15) is 6.04 Å². The normalized spacial score (nSPS) is 24.1. The van der Waals surface area contributed by atoms with Crippen LogP contribution in [0.3, 0.4) is 0 Å². The van der Waals surface area contributed by atoms with Gasteiger partial charge < -0.3 is 20.9 Å². The molecule has 0 aliphatic carbocycles. The maximum absolute atomic E-state index is 13.6. The van der Waals surface area contributed by atoms with Crippen LogP contribution in [0.2, 0.25) is 5.02 Å². The van der Waals surface area contributed by atoms with Gasteiger partial charge in [0, 0.05) is 43.7 Å². The molecule has 2 aromatic rings. The van der Waals surface area contributed by atoms with Crippen molar-refractivity contribution in [3.05, 3.63) is 70.2 Å². The van der Waals surface area contributed by atoms with E-state index < -0.39 is 12.1 Å². The number of rotatable bonds is 7. The summed E-state index contributed by atoms with van der Waals surface area (Å²) in [7, 11) is 1.94. The third kappa shape index (κ3) is 6.80. The molecule has 0 saturated carbocycles. The second-order valence-corrected chi connectivity index (χ2v) is 11.5. The minimum absolute atomic E-state index is 0.156. The summed E-state index contributed by atoms with van der Waals surface area (Å²) in [6.07, 6.45) is 4.76. The zero-order valence-corrected chi connectivity index (χ0v) is 23.3. The van der Waals surface area contributed by atoms with Gasteiger partial charge in [0.15, 0.2) is 0 Å². The van der Waals surface area contributed by atoms with Gasteiger partial charge in [0.2, 0.25) is 17.7 Å². The molecule has 0 spiro atoms. The number of hydrogen-bond acceptors (Lipinski definition) is 5. The first-order chi connectivity index (χ1) is 18.9. The van der Waals surface area contributed by atoms with Crippen LogP contribution in [-0.2, 0) is 33.8 Å². The highest BCUT2D eigenvalue weighted by Crippen LogP contribution is 2.21. The van der Waals surface area contributed by atoms with Crippen molar-refractivity contribution >= 4 is 29.3 Å². The van der Waals surface area contributed by atoms with E-state index in [2.05, 4.69) is 22.0 Å². The summed E-state index contributed by atoms with van der Waals surface area (Å²) < 4.78 is 0. The first-order valence-corrected chi connectivity index (χ1v) is 14.4. The number of benzene rings is 2. The number of amides is 3. The third-order valence-electron chi connectivity index (χ3n) is 8.23. The average Bonchev–Trinajstić information content (AvgIpc) is 3.32. The molecule has 2 aromatic carbocycles. The van der Waals surface area contributed by atoms with E-state index in [1.54, 1.807) is 12.1 Å². The molecule has 0 aromatic heterocycles. The Hall–Kier alpha value is -2.94. The van der Waals surface area contributed by atoms with Crippen molar-refractivity contribution in [1.82, 2.24) is 25.8 Å². The van der Waals surface area contributed by atoms with Gasteiger partial charge in [0.25, 0.3) is 0 Å². The highest BCUT2D eigenvalue weighted by molar-refractivity contribution is 6.30. The Labute approximate surface area is 235 Å². The van der Waals surface area contributed by atoms with Crippen LogP contribution >= 0.6 is 11.6 Å². The van der Waals surface area contributed by atoms with Crippen molar-refractivity contribution < 1.29 is 14.4 Å². The Morgan fingerprint density at radius 3 is 2.49 bits per heavy atom. The molecule has 9 heteroatoms. The number of carbonyl (C=O) groups is 3. The summed E-state index contributed by atoms with van der Waals surface area (Å²) in [4.78, 5) is 44.1. The van der Waals surface area contributed by atoms with Crippen LogP contribution in [0.1, 0.15) is 42.4 Å². The zero-order valence-electron chi connectivity index (χ0n) is 22.5. The number of piperidine rings is 1. The molecule has 2 saturated heterocycles. The van der Waals surface area contributed by atoms with Crippen molar-refractivity contribution in [2.75, 3.05) is 26.7 Å². The lowest BCUT2D eigenvalue weighted by Gasteiger charge is -2.31. The summed E-state index contributed by atoms with van der Waals surface area (Å²) in [5.41, 5.74) is 3.24. The third-order valence-corrected chi connectivity index (χ3v) is 8.48. The number of fused-ring (bicyclic) bond motifs is 1. The Morgan fingerprint density at radius 2 is 1.74 bits per heavy atom. The summed E-state index contributed by atoms with van der Waals surface area (Å²) in [6.45, 7) is 2.84. The Kier molecular flexibility index (Phi) is 8.85. The van der Waals surface area contributed by atoms with E-state index >= 15 is 0 Å². The topological polar surface area (TPSA) is 93.8 Å². The molecular formula is C30H38ClN5O3. The molecule has 0 radical (unpaired) electrons. The fraction of sp³-hybridized carbons (Fsp3) is 0.500. The number of carbonyl (C=O) groups excluding carboxylic acids is 3. The fourth-order valence-corrected chi connectivity index (χ4v) is 6.12. The number of nitrogens with zero attached hydrogens (tertiary/aromatic N) is 2. The minimum Gasteiger partial charge on any atom is -0.350 e. The second-order valence-electron chi connectivity index (χ2n) is 11.1. The molecule has 8 nitrogen and oxygen atoms in total. The van der Waals surface area contributed by atoms with Crippen molar-refractivity contribution in [2.45, 2.75) is 69.2 Å². The summed E-state index contributed by atoms with van der Waals surface area (Å²) in [6, 6.07) is 13.9. The summed E-state index contributed by atoms with van der Waals surface area (Å²) in [5, 5.41) is 10.1. The highest BCUT2D eigenvalue weighted by atomic mass is 35.5. The van der Waals surface area contributed by atoms with E-state index in [0.29, 0.717) is 37.4 Å². The lowest BCUT2D eigenvalue weighted by molar-refractivity contribution is -0.136. The number of likely N-dealkylation sites (tertiary alicyclic amines) is 2. The molecule has 2 fully saturated rings. The van der Waals surface area contributed by atoms with Crippen molar-refractivity contribution in [1.29, 1.82) is 0 Å². The molecule has 3 amide bonds. The number of hydrogen-bond donors (Lipinski definition) is 3. The monoisotopic (exact) mass is 551 g/mol. The van der Waals surface area contributed by atoms with Gasteiger partial charge in [-0.1, -0.05) is 48.0 Å². The zero-order chi connectivity index (χ0) is 27.4. The lowest BCUT2D eigenvalue weighted by Crippen LogP contribution is -2.56. The fourth-order valence-electron chi connectivity index (χ4n) is 6.00. The molecule has 0 unspecified atom stereocenters. The molecule has 5 rings (SSSR count). The maximum Gasteiger partial charge on any atom is 0.243 e. The molecule has 39 heavy (non-hydrogen) atoms. The lowest BCUT2D eigenvalue weighted by atomic mass is 9.95. The van der Waals surface area contributed by atoms with E-state index in [1.165, 1.54) is 12.0 Å². The molecule has 3 heterocycles. The molecule has 3 aliphatic rings. The van der Waals surface area contributed by atoms with Gasteiger partial charge in [-0.05, 0) is 68.0 Å². The SMILES string of the molecule is CN1C[C@@H](NC(=O)[C@@H](Cc2ccc(Cl)cc2)NC(=O)[C@H]2Cc3ccccc3CN2)C[C@H]1C(=O)N1CCCCC1. The molecule has 3 aliphatic heterocycles. The highest BCUT2D eigenvalue weighted by Gasteiger charge is 2.38. The molecule has 3 N–H and O–H groups in total. The molecule has 0 bridgehead atoms. The largest absolute Gasteiger partial charge is 0.350 e. The molecule has 208 valence electrons. The van der Waals surface area contributed by atoms with Crippen LogP contribution in [0, 0.1) is 0 Å². The molecule has 4 atom stereocenters. The predicted molar refractivity (Wildman–Crippen MR) is 151 cm³/mol. The van der Waals surface area contributed by atoms with Crippen molar-refractivity contribution in [3.63, 3.8) is 0 Å². The summed E-state index contributed by atoms with van der Waals surface area (Å²) in [5.74, 6) is -0.275. The van der Waals surface area contributed by atoms with Crippen molar-refractivity contribution in [2.24, 2.45) is 0 Å². The second kappa shape index (κ2) is 12.5. The van der Waals surface area contributed by atoms with Gasteiger partial charge in [0.05, 0.1) is 12.1 Å². The smallest absolute Gasteiger partial charge is 0.243 e. The van der Waals surface area contributed by atoms with Crippen LogP contribution in [-0.4, -0.2) is 78.4 Å². The maximum atomic E-state index is 13.6. The number of halogens is 1. The number of likely N-dealkylation sites (N-methyl/N-ethyl adjacent to an activating group) is 1. The Bertz CT molecular complexity index is 1180. The van der Waals surface area contributed by atoms with Crippen LogP contribution in [0.15, 0.2) is 48.5 Å². The van der Waals surface area contributed by atoms with E-state index in [0.717, 1.165) is 37.1 Å². The first-order valence-electron chi connectivity index (χ1n) is 14.0. The van der Waals surface area contributed by atoms with E-state index in [1.807, 2.05) is 47.2 Å². The Morgan fingerprint density at radius 1 is 1.03 bits per heavy atom. The van der Waals surface area contributed by atoms with Crippen LogP contribution < -0.4 is 16.0 Å². The first kappa shape index (κ1) is 27.6. The van der Waals surface area contributed by atoms with Gasteiger partial charge >= 0.3 is 0 Å².